The first-order valence-corrected chi connectivity index (χ1v) is 12.9. The molecule has 5 rings (SSSR count). The average Bonchev–Trinajstić information content (AvgIpc) is 3.43. The number of halogens is 1. The molecular weight excluding hydrogens is 476 g/mol. The fourth-order valence-electron chi connectivity index (χ4n) is 4.13. The zero-order valence-electron chi connectivity index (χ0n) is 18.6. The van der Waals surface area contributed by atoms with Crippen LogP contribution in [0.3, 0.4) is 0 Å². The molecule has 0 aliphatic carbocycles. The van der Waals surface area contributed by atoms with E-state index in [0.29, 0.717) is 16.4 Å². The molecule has 0 spiro atoms. The first kappa shape index (κ1) is 22.4. The van der Waals surface area contributed by atoms with Gasteiger partial charge in [-0.2, -0.15) is 0 Å². The number of thiophene rings is 1. The molecule has 3 heterocycles. The summed E-state index contributed by atoms with van der Waals surface area (Å²) in [5, 5.41) is 5.57. The predicted molar refractivity (Wildman–Crippen MR) is 139 cm³/mol. The average molecular weight is 501 g/mol. The Morgan fingerprint density at radius 1 is 1.15 bits per heavy atom. The van der Waals surface area contributed by atoms with Gasteiger partial charge in [-0.3, -0.25) is 9.69 Å². The smallest absolute Gasteiger partial charge is 0.262 e. The predicted octanol–water partition coefficient (Wildman–Crippen LogP) is 5.03. The van der Waals surface area contributed by atoms with E-state index in [1.165, 1.54) is 21.6 Å². The van der Waals surface area contributed by atoms with Gasteiger partial charge in [-0.25, -0.2) is 4.98 Å². The summed E-state index contributed by atoms with van der Waals surface area (Å²) in [7, 11) is 1.69. The van der Waals surface area contributed by atoms with Gasteiger partial charge >= 0.3 is 0 Å². The Morgan fingerprint density at radius 2 is 1.94 bits per heavy atom. The molecule has 0 radical (unpaired) electrons. The lowest BCUT2D eigenvalue weighted by Crippen LogP contribution is -2.48. The number of aromatic nitrogens is 1. The first-order valence-electron chi connectivity index (χ1n) is 10.9. The molecule has 1 amide bonds. The van der Waals surface area contributed by atoms with Crippen LogP contribution < -0.4 is 15.0 Å². The number of nitrogens with one attached hydrogen (secondary N) is 1. The van der Waals surface area contributed by atoms with Gasteiger partial charge in [0.25, 0.3) is 5.91 Å². The first-order chi connectivity index (χ1) is 16.0. The van der Waals surface area contributed by atoms with E-state index in [9.17, 15) is 4.79 Å². The van der Waals surface area contributed by atoms with Crippen LogP contribution >= 0.6 is 34.3 Å². The van der Waals surface area contributed by atoms with Gasteiger partial charge in [0.15, 0.2) is 5.13 Å². The number of benzene rings is 2. The summed E-state index contributed by atoms with van der Waals surface area (Å²) < 4.78 is 7.72. The molecule has 4 aromatic rings. The molecule has 0 unspecified atom stereocenters. The van der Waals surface area contributed by atoms with E-state index in [1.54, 1.807) is 18.4 Å². The van der Waals surface area contributed by atoms with Crippen LogP contribution in [0, 0.1) is 6.92 Å². The van der Waals surface area contributed by atoms with E-state index in [1.807, 2.05) is 30.3 Å². The summed E-state index contributed by atoms with van der Waals surface area (Å²) in [6, 6.07) is 11.9. The van der Waals surface area contributed by atoms with E-state index in [4.69, 9.17) is 21.3 Å². The van der Waals surface area contributed by atoms with Crippen LogP contribution in [0.1, 0.15) is 15.2 Å². The number of carbonyl (C=O) groups excluding carboxylic acids is 1. The topological polar surface area (TPSA) is 57.7 Å². The van der Waals surface area contributed by atoms with E-state index in [2.05, 4.69) is 28.1 Å². The van der Waals surface area contributed by atoms with Crippen molar-refractivity contribution in [3.8, 4) is 5.75 Å². The second-order valence-electron chi connectivity index (χ2n) is 8.08. The fourth-order valence-corrected chi connectivity index (χ4v) is 6.67. The van der Waals surface area contributed by atoms with Crippen LogP contribution in [0.4, 0.5) is 5.13 Å². The third-order valence-corrected chi connectivity index (χ3v) is 8.94. The maximum absolute atomic E-state index is 12.6. The normalized spacial score (nSPS) is 14.8. The van der Waals surface area contributed by atoms with Crippen molar-refractivity contribution in [1.82, 2.24) is 15.2 Å². The highest BCUT2D eigenvalue weighted by Crippen LogP contribution is 2.37. The number of aryl methyl sites for hydroxylation is 1. The van der Waals surface area contributed by atoms with Gasteiger partial charge in [-0.05, 0) is 24.6 Å². The fraction of sp³-hybridized carbons (Fsp3) is 0.333. The van der Waals surface area contributed by atoms with Gasteiger partial charge in [-0.15, -0.1) is 11.3 Å². The van der Waals surface area contributed by atoms with Crippen LogP contribution in [-0.2, 0) is 0 Å². The monoisotopic (exact) mass is 500 g/mol. The molecule has 172 valence electrons. The van der Waals surface area contributed by atoms with Crippen LogP contribution in [0.2, 0.25) is 5.02 Å². The zero-order chi connectivity index (χ0) is 22.9. The summed E-state index contributed by atoms with van der Waals surface area (Å²) in [5.74, 6) is 0.727. The van der Waals surface area contributed by atoms with Crippen molar-refractivity contribution in [1.29, 1.82) is 0 Å². The number of amides is 1. The number of methoxy groups -OCH3 is 1. The van der Waals surface area contributed by atoms with Crippen molar-refractivity contribution >= 4 is 65.6 Å². The van der Waals surface area contributed by atoms with E-state index < -0.39 is 0 Å². The Hall–Kier alpha value is -2.39. The minimum absolute atomic E-state index is 0.0985. The second-order valence-corrected chi connectivity index (χ2v) is 10.5. The van der Waals surface area contributed by atoms with Gasteiger partial charge in [0.1, 0.15) is 16.1 Å². The highest BCUT2D eigenvalue weighted by atomic mass is 35.5. The van der Waals surface area contributed by atoms with Gasteiger partial charge in [0.2, 0.25) is 0 Å². The Bertz CT molecular complexity index is 1310. The zero-order valence-corrected chi connectivity index (χ0v) is 20.9. The molecule has 1 N–H and O–H groups in total. The van der Waals surface area contributed by atoms with Crippen molar-refractivity contribution in [3.63, 3.8) is 0 Å². The Kier molecular flexibility index (Phi) is 6.42. The molecule has 1 fully saturated rings. The molecule has 1 aliphatic heterocycles. The summed E-state index contributed by atoms with van der Waals surface area (Å²) in [4.78, 5) is 22.8. The van der Waals surface area contributed by atoms with Crippen LogP contribution in [-0.4, -0.2) is 62.2 Å². The number of anilines is 1. The largest absolute Gasteiger partial charge is 0.494 e. The molecule has 0 bridgehead atoms. The number of nitrogens with zero attached hydrogens (tertiary/aromatic N) is 3. The third-order valence-electron chi connectivity index (χ3n) is 6.01. The number of carbonyl (C=O) groups is 1. The lowest BCUT2D eigenvalue weighted by Gasteiger charge is -2.34. The lowest BCUT2D eigenvalue weighted by atomic mass is 10.2. The molecular formula is C24H25ClN4O2S2. The van der Waals surface area contributed by atoms with Gasteiger partial charge in [0.05, 0.1) is 16.8 Å². The number of hydrogen-bond acceptors (Lipinski definition) is 7. The number of fused-ring (bicyclic) bond motifs is 2. The van der Waals surface area contributed by atoms with Crippen molar-refractivity contribution in [2.45, 2.75) is 6.92 Å². The van der Waals surface area contributed by atoms with Crippen LogP contribution in [0.15, 0.2) is 36.4 Å². The SMILES string of the molecule is COc1ccc(C)c2sc(N3CCN(CCNC(=O)c4sc5ccccc5c4Cl)CC3)nc12. The highest BCUT2D eigenvalue weighted by Gasteiger charge is 2.22. The van der Waals surface area contributed by atoms with Gasteiger partial charge in [0, 0.05) is 49.4 Å². The quantitative estimate of drug-likeness (QED) is 0.402. The maximum atomic E-state index is 12.6. The molecule has 0 atom stereocenters. The van der Waals surface area contributed by atoms with Crippen molar-refractivity contribution in [2.75, 3.05) is 51.3 Å². The minimum atomic E-state index is -0.0985. The molecule has 2 aromatic heterocycles. The van der Waals surface area contributed by atoms with E-state index in [-0.39, 0.29) is 5.91 Å². The van der Waals surface area contributed by atoms with Crippen LogP contribution in [0.5, 0.6) is 5.75 Å². The molecule has 6 nitrogen and oxygen atoms in total. The Labute approximate surface area is 205 Å². The third kappa shape index (κ3) is 4.40. The van der Waals surface area contributed by atoms with E-state index >= 15 is 0 Å². The number of rotatable bonds is 6. The van der Waals surface area contributed by atoms with E-state index in [0.717, 1.165) is 59.2 Å². The number of hydrogen-bond donors (Lipinski definition) is 1. The second kappa shape index (κ2) is 9.46. The Morgan fingerprint density at radius 3 is 2.70 bits per heavy atom. The maximum Gasteiger partial charge on any atom is 0.262 e. The van der Waals surface area contributed by atoms with Crippen molar-refractivity contribution < 1.29 is 9.53 Å². The molecule has 1 aliphatic rings. The molecule has 1 saturated heterocycles. The minimum Gasteiger partial charge on any atom is -0.494 e. The highest BCUT2D eigenvalue weighted by molar-refractivity contribution is 7.22. The van der Waals surface area contributed by atoms with Gasteiger partial charge in [-0.1, -0.05) is 47.2 Å². The molecule has 0 saturated carbocycles. The summed E-state index contributed by atoms with van der Waals surface area (Å²) in [5.41, 5.74) is 2.17. The molecule has 9 heteroatoms. The van der Waals surface area contributed by atoms with Gasteiger partial charge < -0.3 is 15.0 Å². The molecule has 33 heavy (non-hydrogen) atoms. The summed E-state index contributed by atoms with van der Waals surface area (Å²) in [6.07, 6.45) is 0. The number of piperazine rings is 1. The standard InChI is InChI=1S/C24H25ClN4O2S2/c1-15-7-8-17(31-2)20-21(15)33-24(27-20)29-13-11-28(12-14-29)10-9-26-23(30)22-19(25)16-5-3-4-6-18(16)32-22/h3-8H,9-14H2,1-2H3,(H,26,30). The van der Waals surface area contributed by atoms with Crippen molar-refractivity contribution in [2.24, 2.45) is 0 Å². The summed E-state index contributed by atoms with van der Waals surface area (Å²) in [6.45, 7) is 7.23. The molecule has 2 aromatic carbocycles. The lowest BCUT2D eigenvalue weighted by molar-refractivity contribution is 0.0952. The van der Waals surface area contributed by atoms with Crippen LogP contribution in [0.25, 0.3) is 20.3 Å². The number of thiazole rings is 1. The van der Waals surface area contributed by atoms with Crippen molar-refractivity contribution in [3.05, 3.63) is 51.9 Å². The number of ether oxygens (including phenoxy) is 1. The summed E-state index contributed by atoms with van der Waals surface area (Å²) >= 11 is 9.61. The Balaban J connectivity index is 1.15.